The third-order valence-electron chi connectivity index (χ3n) is 6.40. The minimum Gasteiger partial charge on any atom is -0.404 e. The van der Waals surface area contributed by atoms with Gasteiger partial charge in [-0.3, -0.25) is 28.6 Å². The standard InChI is InChI=1S/C23H23Cl2N5O9P2/c24-14-1-5-16(6-2-14)38-40(32,33)36-10-13-9-19(30-12-27-20-21(30)28-23(26)29-22(20)31)18(13)11-37-41(34,35)39-17-7-3-15(25)4-8-17/h1-8,12-13,18-19H,9-11H2,(H,32,33)(H,34,35)(H3,26,28,29,31)/t13-,18-,19-/m1/s1. The molecule has 14 nitrogen and oxygen atoms in total. The SMILES string of the molecule is Nc1nc2c(ncn2[C@@H]2C[C@H](COP(=O)(O)Oc3ccc(Cl)cc3)[C@H]2COP(=O)(O)Oc2ccc(Cl)cc2)c(=O)[nH]1. The fraction of sp³-hybridized carbons (Fsp3) is 0.261. The molecular formula is C23H23Cl2N5O9P2. The van der Waals surface area contributed by atoms with Crippen LogP contribution in [0.5, 0.6) is 11.5 Å². The van der Waals surface area contributed by atoms with Crippen molar-refractivity contribution in [1.29, 1.82) is 0 Å². The number of phosphoric acid groups is 2. The predicted octanol–water partition coefficient (Wildman–Crippen LogP) is 4.58. The van der Waals surface area contributed by atoms with E-state index < -0.39 is 39.1 Å². The Bertz CT molecular complexity index is 1700. The molecule has 2 unspecified atom stereocenters. The largest absolute Gasteiger partial charge is 0.527 e. The monoisotopic (exact) mass is 645 g/mol. The second-order valence-corrected chi connectivity index (χ2v) is 12.7. The number of H-pyrrole nitrogens is 1. The number of imidazole rings is 1. The summed E-state index contributed by atoms with van der Waals surface area (Å²) < 4.78 is 47.6. The number of nitrogens with one attached hydrogen (secondary N) is 1. The maximum atomic E-state index is 12.7. The number of nitrogen functional groups attached to an aromatic ring is 1. The van der Waals surface area contributed by atoms with Crippen LogP contribution in [-0.4, -0.2) is 42.5 Å². The number of nitrogens with zero attached hydrogens (tertiary/aromatic N) is 3. The molecule has 1 aliphatic rings. The van der Waals surface area contributed by atoms with E-state index >= 15 is 0 Å². The summed E-state index contributed by atoms with van der Waals surface area (Å²) in [6, 6.07) is 11.1. The van der Waals surface area contributed by atoms with Gasteiger partial charge in [0.2, 0.25) is 5.95 Å². The number of halogens is 2. The Morgan fingerprint density at radius 3 is 2.05 bits per heavy atom. The Hall–Kier alpha value is -2.93. The lowest BCUT2D eigenvalue weighted by molar-refractivity contribution is -0.00444. The van der Waals surface area contributed by atoms with Gasteiger partial charge in [-0.05, 0) is 60.9 Å². The molecule has 0 amide bonds. The fourth-order valence-corrected chi connectivity index (χ4v) is 6.28. The number of nitrogens with two attached hydrogens (primary N) is 1. The molecule has 0 aliphatic heterocycles. The molecule has 2 heterocycles. The van der Waals surface area contributed by atoms with Gasteiger partial charge >= 0.3 is 15.6 Å². The summed E-state index contributed by atoms with van der Waals surface area (Å²) in [5.41, 5.74) is 5.43. The average Bonchev–Trinajstić information content (AvgIpc) is 3.29. The first-order valence-corrected chi connectivity index (χ1v) is 15.7. The number of anilines is 1. The highest BCUT2D eigenvalue weighted by molar-refractivity contribution is 7.48. The minimum absolute atomic E-state index is 0.0497. The van der Waals surface area contributed by atoms with Crippen LogP contribution in [0, 0.1) is 11.8 Å². The van der Waals surface area contributed by atoms with E-state index in [1.54, 1.807) is 4.57 Å². The van der Waals surface area contributed by atoms with Gasteiger partial charge in [0.25, 0.3) is 5.56 Å². The van der Waals surface area contributed by atoms with Crippen molar-refractivity contribution >= 4 is 56.0 Å². The first-order chi connectivity index (χ1) is 19.4. The molecule has 5 atom stereocenters. The van der Waals surface area contributed by atoms with E-state index in [1.165, 1.54) is 54.9 Å². The smallest absolute Gasteiger partial charge is 0.404 e. The molecule has 4 aromatic rings. The van der Waals surface area contributed by atoms with Gasteiger partial charge in [-0.15, -0.1) is 0 Å². The predicted molar refractivity (Wildman–Crippen MR) is 149 cm³/mol. The first kappa shape index (κ1) is 29.6. The van der Waals surface area contributed by atoms with Crippen LogP contribution in [-0.2, 0) is 18.2 Å². The maximum Gasteiger partial charge on any atom is 0.527 e. The topological polar surface area (TPSA) is 201 Å². The lowest BCUT2D eigenvalue weighted by atomic mass is 9.70. The molecule has 0 spiro atoms. The number of phosphoric ester groups is 2. The molecule has 5 N–H and O–H groups in total. The zero-order valence-electron chi connectivity index (χ0n) is 20.9. The second-order valence-electron chi connectivity index (χ2n) is 9.12. The molecule has 1 fully saturated rings. The Morgan fingerprint density at radius 1 is 0.951 bits per heavy atom. The van der Waals surface area contributed by atoms with E-state index in [1.807, 2.05) is 0 Å². The van der Waals surface area contributed by atoms with E-state index in [4.69, 9.17) is 47.0 Å². The molecule has 218 valence electrons. The summed E-state index contributed by atoms with van der Waals surface area (Å²) in [7, 11) is -9.14. The highest BCUT2D eigenvalue weighted by atomic mass is 35.5. The van der Waals surface area contributed by atoms with Gasteiger partial charge < -0.3 is 19.3 Å². The van der Waals surface area contributed by atoms with Crippen LogP contribution in [0.3, 0.4) is 0 Å². The Morgan fingerprint density at radius 2 is 1.49 bits per heavy atom. The van der Waals surface area contributed by atoms with Crippen molar-refractivity contribution in [2.75, 3.05) is 18.9 Å². The summed E-state index contributed by atoms with van der Waals surface area (Å²) in [5, 5.41) is 0.828. The third kappa shape index (κ3) is 7.11. The van der Waals surface area contributed by atoms with Crippen molar-refractivity contribution in [3.8, 4) is 11.5 Å². The summed E-state index contributed by atoms with van der Waals surface area (Å²) >= 11 is 11.7. The zero-order valence-corrected chi connectivity index (χ0v) is 24.2. The average molecular weight is 646 g/mol. The van der Waals surface area contributed by atoms with Crippen molar-refractivity contribution in [2.45, 2.75) is 12.5 Å². The second kappa shape index (κ2) is 11.7. The van der Waals surface area contributed by atoms with E-state index in [0.717, 1.165) is 0 Å². The molecule has 18 heteroatoms. The van der Waals surface area contributed by atoms with Gasteiger partial charge in [0.05, 0.1) is 19.5 Å². The van der Waals surface area contributed by atoms with E-state index in [9.17, 15) is 23.7 Å². The van der Waals surface area contributed by atoms with E-state index in [-0.39, 0.29) is 41.8 Å². The van der Waals surface area contributed by atoms with Crippen LogP contribution in [0.2, 0.25) is 10.0 Å². The van der Waals surface area contributed by atoms with Crippen molar-refractivity contribution < 1.29 is 37.0 Å². The Kier molecular flexibility index (Phi) is 8.47. The number of hydrogen-bond acceptors (Lipinski definition) is 10. The van der Waals surface area contributed by atoms with Crippen LogP contribution in [0.1, 0.15) is 12.5 Å². The van der Waals surface area contributed by atoms with E-state index in [2.05, 4.69) is 15.0 Å². The van der Waals surface area contributed by atoms with Gasteiger partial charge in [-0.2, -0.15) is 4.98 Å². The zero-order chi connectivity index (χ0) is 29.4. The van der Waals surface area contributed by atoms with Gasteiger partial charge in [0.1, 0.15) is 11.5 Å². The molecule has 0 saturated heterocycles. The number of rotatable bonds is 11. The Labute approximate surface area is 242 Å². The number of hydrogen-bond donors (Lipinski definition) is 4. The van der Waals surface area contributed by atoms with E-state index in [0.29, 0.717) is 16.5 Å². The molecule has 1 aliphatic carbocycles. The molecular weight excluding hydrogens is 623 g/mol. The van der Waals surface area contributed by atoms with Crippen molar-refractivity contribution in [1.82, 2.24) is 19.5 Å². The highest BCUT2D eigenvalue weighted by Crippen LogP contribution is 2.52. The van der Waals surface area contributed by atoms with Gasteiger partial charge in [0, 0.05) is 22.0 Å². The third-order valence-corrected chi connectivity index (χ3v) is 8.74. The molecule has 0 radical (unpaired) electrons. The molecule has 2 aromatic heterocycles. The van der Waals surface area contributed by atoms with Gasteiger partial charge in [-0.1, -0.05) is 23.2 Å². The minimum atomic E-state index is -4.60. The summed E-state index contributed by atoms with van der Waals surface area (Å²) in [5.74, 6) is -0.995. The fourth-order valence-electron chi connectivity index (χ4n) is 4.40. The Balaban J connectivity index is 1.32. The van der Waals surface area contributed by atoms with Crippen LogP contribution in [0.25, 0.3) is 11.2 Å². The summed E-state index contributed by atoms with van der Waals surface area (Å²) in [4.78, 5) is 43.5. The summed E-state index contributed by atoms with van der Waals surface area (Å²) in [6.07, 6.45) is 1.74. The maximum absolute atomic E-state index is 12.7. The number of benzene rings is 2. The molecule has 2 aromatic carbocycles. The van der Waals surface area contributed by atoms with Crippen LogP contribution in [0.15, 0.2) is 59.7 Å². The molecule has 0 bridgehead atoms. The van der Waals surface area contributed by atoms with Crippen LogP contribution in [0.4, 0.5) is 5.95 Å². The molecule has 41 heavy (non-hydrogen) atoms. The van der Waals surface area contributed by atoms with Crippen molar-refractivity contribution in [3.05, 3.63) is 75.3 Å². The highest BCUT2D eigenvalue weighted by Gasteiger charge is 2.46. The van der Waals surface area contributed by atoms with Gasteiger partial charge in [0.15, 0.2) is 11.2 Å². The lowest BCUT2D eigenvalue weighted by Crippen LogP contribution is -2.43. The van der Waals surface area contributed by atoms with Gasteiger partial charge in [-0.25, -0.2) is 14.1 Å². The van der Waals surface area contributed by atoms with Crippen molar-refractivity contribution in [2.24, 2.45) is 11.8 Å². The van der Waals surface area contributed by atoms with Crippen LogP contribution < -0.4 is 20.3 Å². The molecule has 1 saturated carbocycles. The summed E-state index contributed by atoms with van der Waals surface area (Å²) in [6.45, 7) is -0.589. The first-order valence-electron chi connectivity index (χ1n) is 12.0. The number of fused-ring (bicyclic) bond motifs is 1. The normalized spacial score (nSPS) is 21.5. The lowest BCUT2D eigenvalue weighted by Gasteiger charge is -2.45. The molecule has 5 rings (SSSR count). The number of aromatic amines is 1. The quantitative estimate of drug-likeness (QED) is 0.166. The number of aromatic nitrogens is 4. The van der Waals surface area contributed by atoms with Crippen molar-refractivity contribution in [3.63, 3.8) is 0 Å². The van der Waals surface area contributed by atoms with Crippen LogP contribution >= 0.6 is 38.8 Å².